The first-order valence-corrected chi connectivity index (χ1v) is 6.32. The molecule has 1 aliphatic heterocycles. The Morgan fingerprint density at radius 2 is 1.89 bits per heavy atom. The molecule has 1 aromatic rings. The molecule has 1 atom stereocenters. The van der Waals surface area contributed by atoms with Crippen LogP contribution in [0.15, 0.2) is 18.2 Å². The predicted molar refractivity (Wildman–Crippen MR) is 69.7 cm³/mol. The summed E-state index contributed by atoms with van der Waals surface area (Å²) < 4.78 is 5.08. The smallest absolute Gasteiger partial charge is 0.328 e. The number of hydrogen-bond acceptors (Lipinski definition) is 3. The first-order valence-electron chi connectivity index (χ1n) is 5.56. The van der Waals surface area contributed by atoms with E-state index in [0.717, 1.165) is 0 Å². The number of rotatable bonds is 2. The van der Waals surface area contributed by atoms with Gasteiger partial charge in [0.25, 0.3) is 5.91 Å². The van der Waals surface area contributed by atoms with Crippen molar-refractivity contribution in [3.05, 3.63) is 33.8 Å². The lowest BCUT2D eigenvalue weighted by Gasteiger charge is -2.32. The Labute approximate surface area is 119 Å². The van der Waals surface area contributed by atoms with Crippen LogP contribution in [0.4, 0.5) is 0 Å². The van der Waals surface area contributed by atoms with Crippen molar-refractivity contribution in [3.8, 4) is 0 Å². The molecule has 1 aliphatic rings. The Bertz CT molecular complexity index is 500. The number of hydrogen-bond donors (Lipinski definition) is 1. The topological polar surface area (TPSA) is 66.8 Å². The summed E-state index contributed by atoms with van der Waals surface area (Å²) in [6.45, 7) is 0.513. The molecule has 2 rings (SSSR count). The van der Waals surface area contributed by atoms with E-state index < -0.39 is 17.9 Å². The van der Waals surface area contributed by atoms with Gasteiger partial charge in [-0.15, -0.1) is 0 Å². The minimum atomic E-state index is -1.10. The van der Waals surface area contributed by atoms with Gasteiger partial charge in [0.2, 0.25) is 0 Å². The van der Waals surface area contributed by atoms with E-state index in [1.54, 1.807) is 0 Å². The highest BCUT2D eigenvalue weighted by atomic mass is 35.5. The zero-order chi connectivity index (χ0) is 14.0. The maximum absolute atomic E-state index is 12.3. The number of amides is 1. The van der Waals surface area contributed by atoms with E-state index in [1.807, 2.05) is 0 Å². The molecule has 0 aliphatic carbocycles. The van der Waals surface area contributed by atoms with Crippen molar-refractivity contribution in [2.75, 3.05) is 19.8 Å². The third-order valence-electron chi connectivity index (χ3n) is 2.78. The third-order valence-corrected chi connectivity index (χ3v) is 3.22. The first kappa shape index (κ1) is 14.1. The molecule has 5 nitrogen and oxygen atoms in total. The fourth-order valence-electron chi connectivity index (χ4n) is 1.89. The van der Waals surface area contributed by atoms with E-state index >= 15 is 0 Å². The predicted octanol–water partition coefficient (Wildman–Crippen LogP) is 1.92. The SMILES string of the molecule is O=C(O)C1COCCN1C(=O)c1cc(Cl)cc(Cl)c1. The highest BCUT2D eigenvalue weighted by Crippen LogP contribution is 2.21. The number of carboxylic acid groups (broad SMARTS) is 1. The average molecular weight is 304 g/mol. The Morgan fingerprint density at radius 3 is 2.47 bits per heavy atom. The molecule has 1 saturated heterocycles. The van der Waals surface area contributed by atoms with Crippen LogP contribution in [0.5, 0.6) is 0 Å². The number of ether oxygens (including phenoxy) is 1. The fraction of sp³-hybridized carbons (Fsp3) is 0.333. The standard InChI is InChI=1S/C12H11Cl2NO4/c13-8-3-7(4-9(14)5-8)11(16)15-1-2-19-6-10(15)12(17)18/h3-5,10H,1-2,6H2,(H,17,18). The van der Waals surface area contributed by atoms with Crippen LogP contribution in [0.1, 0.15) is 10.4 Å². The highest BCUT2D eigenvalue weighted by molar-refractivity contribution is 6.35. The van der Waals surface area contributed by atoms with Gasteiger partial charge in [-0.25, -0.2) is 4.79 Å². The molecule has 1 heterocycles. The van der Waals surface area contributed by atoms with E-state index in [-0.39, 0.29) is 18.7 Å². The molecule has 0 spiro atoms. The molecule has 0 radical (unpaired) electrons. The second-order valence-corrected chi connectivity index (χ2v) is 4.96. The summed E-state index contributed by atoms with van der Waals surface area (Å²) in [5.74, 6) is -1.51. The van der Waals surface area contributed by atoms with E-state index in [9.17, 15) is 9.59 Å². The number of aliphatic carboxylic acids is 1. The summed E-state index contributed by atoms with van der Waals surface area (Å²) in [4.78, 5) is 24.7. The monoisotopic (exact) mass is 303 g/mol. The molecular formula is C12H11Cl2NO4. The van der Waals surface area contributed by atoms with Crippen LogP contribution < -0.4 is 0 Å². The number of benzene rings is 1. The van der Waals surface area contributed by atoms with Crippen LogP contribution in [-0.2, 0) is 9.53 Å². The molecule has 102 valence electrons. The highest BCUT2D eigenvalue weighted by Gasteiger charge is 2.33. The summed E-state index contributed by atoms with van der Waals surface area (Å²) in [6.07, 6.45) is 0. The van der Waals surface area contributed by atoms with Gasteiger partial charge in [0.1, 0.15) is 0 Å². The van der Waals surface area contributed by atoms with Gasteiger partial charge >= 0.3 is 5.97 Å². The van der Waals surface area contributed by atoms with Gasteiger partial charge in [-0.1, -0.05) is 23.2 Å². The summed E-state index contributed by atoms with van der Waals surface area (Å²) in [5, 5.41) is 9.75. The molecule has 0 saturated carbocycles. The molecule has 0 bridgehead atoms. The summed E-state index contributed by atoms with van der Waals surface area (Å²) in [6, 6.07) is 3.45. The van der Waals surface area contributed by atoms with Crippen molar-refractivity contribution >= 4 is 35.1 Å². The molecule has 19 heavy (non-hydrogen) atoms. The largest absolute Gasteiger partial charge is 0.480 e. The molecular weight excluding hydrogens is 293 g/mol. The van der Waals surface area contributed by atoms with Crippen molar-refractivity contribution in [3.63, 3.8) is 0 Å². The Hall–Kier alpha value is -1.30. The van der Waals surface area contributed by atoms with Crippen molar-refractivity contribution in [1.29, 1.82) is 0 Å². The average Bonchev–Trinajstić information content (AvgIpc) is 2.36. The number of carbonyl (C=O) groups excluding carboxylic acids is 1. The van der Waals surface area contributed by atoms with Crippen LogP contribution in [0, 0.1) is 0 Å². The molecule has 1 N–H and O–H groups in total. The lowest BCUT2D eigenvalue weighted by Crippen LogP contribution is -2.52. The van der Waals surface area contributed by atoms with Gasteiger partial charge < -0.3 is 14.7 Å². The summed E-state index contributed by atoms with van der Waals surface area (Å²) in [7, 11) is 0. The molecule has 7 heteroatoms. The van der Waals surface area contributed by atoms with Gasteiger partial charge in [0.15, 0.2) is 6.04 Å². The second-order valence-electron chi connectivity index (χ2n) is 4.09. The summed E-state index contributed by atoms with van der Waals surface area (Å²) in [5.41, 5.74) is 0.269. The van der Waals surface area contributed by atoms with Gasteiger partial charge in [0, 0.05) is 22.2 Å². The molecule has 1 amide bonds. The zero-order valence-electron chi connectivity index (χ0n) is 9.81. The zero-order valence-corrected chi connectivity index (χ0v) is 11.3. The summed E-state index contributed by atoms with van der Waals surface area (Å²) >= 11 is 11.7. The van der Waals surface area contributed by atoms with Gasteiger partial charge in [-0.05, 0) is 18.2 Å². The Morgan fingerprint density at radius 1 is 1.26 bits per heavy atom. The normalized spacial score (nSPS) is 19.3. The second kappa shape index (κ2) is 5.77. The van der Waals surface area contributed by atoms with Crippen LogP contribution in [0.3, 0.4) is 0 Å². The molecule has 1 aromatic carbocycles. The van der Waals surface area contributed by atoms with Gasteiger partial charge in [-0.3, -0.25) is 4.79 Å². The quantitative estimate of drug-likeness (QED) is 0.906. The number of halogens is 2. The van der Waals surface area contributed by atoms with Gasteiger partial charge in [-0.2, -0.15) is 0 Å². The van der Waals surface area contributed by atoms with Crippen molar-refractivity contribution in [2.45, 2.75) is 6.04 Å². The van der Waals surface area contributed by atoms with Crippen LogP contribution in [-0.4, -0.2) is 47.7 Å². The van der Waals surface area contributed by atoms with Crippen molar-refractivity contribution < 1.29 is 19.4 Å². The van der Waals surface area contributed by atoms with Crippen molar-refractivity contribution in [2.24, 2.45) is 0 Å². The van der Waals surface area contributed by atoms with Crippen LogP contribution >= 0.6 is 23.2 Å². The fourth-order valence-corrected chi connectivity index (χ4v) is 2.42. The number of carbonyl (C=O) groups is 2. The maximum atomic E-state index is 12.3. The lowest BCUT2D eigenvalue weighted by molar-refractivity contribution is -0.147. The van der Waals surface area contributed by atoms with E-state index in [2.05, 4.69) is 0 Å². The van der Waals surface area contributed by atoms with E-state index in [1.165, 1.54) is 23.1 Å². The van der Waals surface area contributed by atoms with Crippen molar-refractivity contribution in [1.82, 2.24) is 4.90 Å². The van der Waals surface area contributed by atoms with Crippen LogP contribution in [0.25, 0.3) is 0 Å². The van der Waals surface area contributed by atoms with Crippen LogP contribution in [0.2, 0.25) is 10.0 Å². The minimum absolute atomic E-state index is 0.0185. The number of morpholine rings is 1. The minimum Gasteiger partial charge on any atom is -0.480 e. The Balaban J connectivity index is 2.28. The van der Waals surface area contributed by atoms with Gasteiger partial charge in [0.05, 0.1) is 13.2 Å². The van der Waals surface area contributed by atoms with E-state index in [0.29, 0.717) is 16.7 Å². The molecule has 0 aromatic heterocycles. The number of carboxylic acids is 1. The first-order chi connectivity index (χ1) is 8.99. The molecule has 1 fully saturated rings. The lowest BCUT2D eigenvalue weighted by atomic mass is 10.1. The molecule has 1 unspecified atom stereocenters. The maximum Gasteiger partial charge on any atom is 0.328 e. The van der Waals surface area contributed by atoms with E-state index in [4.69, 9.17) is 33.0 Å². The number of nitrogens with zero attached hydrogens (tertiary/aromatic N) is 1. The third kappa shape index (κ3) is 3.18. The Kier molecular flexibility index (Phi) is 4.29.